The molecule has 0 fully saturated rings. The van der Waals surface area contributed by atoms with Gasteiger partial charge in [-0.3, -0.25) is 4.79 Å². The van der Waals surface area contributed by atoms with E-state index in [4.69, 9.17) is 4.42 Å². The maximum atomic E-state index is 12.0. The third-order valence-electron chi connectivity index (χ3n) is 3.39. The third kappa shape index (κ3) is 3.94. The number of anilines is 1. The third-order valence-corrected chi connectivity index (χ3v) is 4.38. The molecule has 2 aromatic heterocycles. The van der Waals surface area contributed by atoms with Crippen molar-refractivity contribution in [1.82, 2.24) is 9.97 Å². The molecular formula is C16H23N3O2S. The number of nitrogens with zero attached hydrogens (tertiary/aromatic N) is 2. The average molecular weight is 321 g/mol. The Labute approximate surface area is 135 Å². The van der Waals surface area contributed by atoms with Gasteiger partial charge in [0.2, 0.25) is 5.91 Å². The Kier molecular flexibility index (Phi) is 4.70. The Bertz CT molecular complexity index is 661. The van der Waals surface area contributed by atoms with E-state index in [1.165, 1.54) is 11.3 Å². The maximum Gasteiger partial charge on any atom is 0.226 e. The molecule has 0 bridgehead atoms. The largest absolute Gasteiger partial charge is 0.445 e. The van der Waals surface area contributed by atoms with Crippen LogP contribution in [0.15, 0.2) is 4.42 Å². The van der Waals surface area contributed by atoms with Crippen molar-refractivity contribution in [2.24, 2.45) is 0 Å². The Morgan fingerprint density at radius 2 is 1.86 bits per heavy atom. The second-order valence-corrected chi connectivity index (χ2v) is 7.69. The van der Waals surface area contributed by atoms with Crippen LogP contribution in [0.3, 0.4) is 0 Å². The fourth-order valence-corrected chi connectivity index (χ4v) is 2.75. The number of aromatic nitrogens is 2. The van der Waals surface area contributed by atoms with Crippen LogP contribution in [0.2, 0.25) is 0 Å². The first-order chi connectivity index (χ1) is 10.2. The van der Waals surface area contributed by atoms with E-state index in [9.17, 15) is 4.79 Å². The molecule has 0 aliphatic heterocycles. The number of carbonyl (C=O) groups excluding carboxylic acids is 1. The number of hydrogen-bond acceptors (Lipinski definition) is 5. The van der Waals surface area contributed by atoms with Gasteiger partial charge in [-0.25, -0.2) is 9.97 Å². The Hall–Kier alpha value is -1.69. The molecule has 22 heavy (non-hydrogen) atoms. The van der Waals surface area contributed by atoms with Crippen LogP contribution in [0.4, 0.5) is 5.13 Å². The minimum atomic E-state index is -0.124. The number of amides is 1. The summed E-state index contributed by atoms with van der Waals surface area (Å²) in [5, 5.41) is 3.49. The molecule has 0 saturated carbocycles. The molecule has 120 valence electrons. The van der Waals surface area contributed by atoms with Gasteiger partial charge in [-0.1, -0.05) is 20.8 Å². The summed E-state index contributed by atoms with van der Waals surface area (Å²) in [6, 6.07) is 0. The molecule has 0 aromatic carbocycles. The molecule has 0 radical (unpaired) electrons. The van der Waals surface area contributed by atoms with Gasteiger partial charge in [-0.05, 0) is 20.8 Å². The summed E-state index contributed by atoms with van der Waals surface area (Å²) < 4.78 is 5.80. The number of nitrogens with one attached hydrogen (secondary N) is 1. The molecule has 0 aliphatic carbocycles. The fraction of sp³-hybridized carbons (Fsp3) is 0.562. The van der Waals surface area contributed by atoms with Gasteiger partial charge in [0.25, 0.3) is 0 Å². The molecule has 5 nitrogen and oxygen atoms in total. The van der Waals surface area contributed by atoms with Crippen molar-refractivity contribution in [2.75, 3.05) is 5.32 Å². The topological polar surface area (TPSA) is 68.0 Å². The van der Waals surface area contributed by atoms with Gasteiger partial charge in [-0.2, -0.15) is 0 Å². The first-order valence-corrected chi connectivity index (χ1v) is 8.19. The van der Waals surface area contributed by atoms with Crippen molar-refractivity contribution in [1.29, 1.82) is 0 Å². The normalized spacial score (nSPS) is 11.7. The van der Waals surface area contributed by atoms with Crippen LogP contribution < -0.4 is 5.32 Å². The molecule has 0 saturated heterocycles. The number of thiazole rings is 1. The lowest BCUT2D eigenvalue weighted by molar-refractivity contribution is -0.116. The van der Waals surface area contributed by atoms with E-state index in [1.54, 1.807) is 0 Å². The van der Waals surface area contributed by atoms with Crippen LogP contribution >= 0.6 is 11.3 Å². The van der Waals surface area contributed by atoms with Crippen LogP contribution in [-0.4, -0.2) is 15.9 Å². The van der Waals surface area contributed by atoms with E-state index in [2.05, 4.69) is 36.1 Å². The van der Waals surface area contributed by atoms with Gasteiger partial charge in [0.05, 0.1) is 11.4 Å². The number of hydrogen-bond donors (Lipinski definition) is 1. The standard InChI is InChI=1S/C16H23N3O2S/c1-9-11(3)22-15(18-9)19-13(20)8-7-12-10(2)17-14(21-12)16(4,5)6/h7-8H2,1-6H3,(H,18,19,20). The first-order valence-electron chi connectivity index (χ1n) is 7.37. The molecule has 1 amide bonds. The maximum absolute atomic E-state index is 12.0. The lowest BCUT2D eigenvalue weighted by atomic mass is 9.97. The van der Waals surface area contributed by atoms with E-state index in [0.29, 0.717) is 23.9 Å². The zero-order valence-corrected chi connectivity index (χ0v) is 14.8. The van der Waals surface area contributed by atoms with Crippen molar-refractivity contribution in [3.8, 4) is 0 Å². The average Bonchev–Trinajstić information content (AvgIpc) is 2.90. The first kappa shape index (κ1) is 16.7. The highest BCUT2D eigenvalue weighted by Gasteiger charge is 2.22. The van der Waals surface area contributed by atoms with Crippen molar-refractivity contribution in [3.63, 3.8) is 0 Å². The summed E-state index contributed by atoms with van der Waals surface area (Å²) in [7, 11) is 0. The second kappa shape index (κ2) is 6.20. The van der Waals surface area contributed by atoms with E-state index in [-0.39, 0.29) is 11.3 Å². The quantitative estimate of drug-likeness (QED) is 0.926. The lowest BCUT2D eigenvalue weighted by Gasteiger charge is -2.12. The van der Waals surface area contributed by atoms with Gasteiger partial charge in [0.15, 0.2) is 11.0 Å². The number of oxazole rings is 1. The summed E-state index contributed by atoms with van der Waals surface area (Å²) in [6.07, 6.45) is 0.904. The molecule has 0 spiro atoms. The van der Waals surface area contributed by atoms with Gasteiger partial charge >= 0.3 is 0 Å². The van der Waals surface area contributed by atoms with E-state index in [1.807, 2.05) is 20.8 Å². The summed E-state index contributed by atoms with van der Waals surface area (Å²) >= 11 is 1.50. The molecule has 0 atom stereocenters. The van der Waals surface area contributed by atoms with Crippen LogP contribution in [0.5, 0.6) is 0 Å². The van der Waals surface area contributed by atoms with Gasteiger partial charge in [0.1, 0.15) is 5.76 Å². The SMILES string of the molecule is Cc1nc(C(C)(C)C)oc1CCC(=O)Nc1nc(C)c(C)s1. The van der Waals surface area contributed by atoms with Crippen LogP contribution in [0.1, 0.15) is 55.1 Å². The Morgan fingerprint density at radius 1 is 1.18 bits per heavy atom. The van der Waals surface area contributed by atoms with E-state index in [0.717, 1.165) is 22.0 Å². The minimum absolute atomic E-state index is 0.0538. The highest BCUT2D eigenvalue weighted by atomic mass is 32.1. The lowest BCUT2D eigenvalue weighted by Crippen LogP contribution is -2.12. The summed E-state index contributed by atoms with van der Waals surface area (Å²) in [5.74, 6) is 1.44. The Morgan fingerprint density at radius 3 is 2.36 bits per heavy atom. The fourth-order valence-electron chi connectivity index (χ4n) is 1.92. The molecule has 6 heteroatoms. The molecule has 2 heterocycles. The zero-order valence-electron chi connectivity index (χ0n) is 14.0. The highest BCUT2D eigenvalue weighted by Crippen LogP contribution is 2.25. The molecule has 2 rings (SSSR count). The van der Waals surface area contributed by atoms with Gasteiger partial charge < -0.3 is 9.73 Å². The predicted molar refractivity (Wildman–Crippen MR) is 88.5 cm³/mol. The van der Waals surface area contributed by atoms with E-state index >= 15 is 0 Å². The summed E-state index contributed by atoms with van der Waals surface area (Å²) in [6.45, 7) is 12.0. The molecule has 0 unspecified atom stereocenters. The smallest absolute Gasteiger partial charge is 0.226 e. The number of rotatable bonds is 4. The van der Waals surface area contributed by atoms with Crippen LogP contribution in [0.25, 0.3) is 0 Å². The molecule has 2 aromatic rings. The minimum Gasteiger partial charge on any atom is -0.445 e. The van der Waals surface area contributed by atoms with Gasteiger partial charge in [-0.15, -0.1) is 11.3 Å². The van der Waals surface area contributed by atoms with Crippen molar-refractivity contribution in [2.45, 2.75) is 59.8 Å². The summed E-state index contributed by atoms with van der Waals surface area (Å²) in [5.41, 5.74) is 1.70. The molecule has 1 N–H and O–H groups in total. The zero-order chi connectivity index (χ0) is 16.5. The van der Waals surface area contributed by atoms with Crippen molar-refractivity contribution in [3.05, 3.63) is 27.9 Å². The van der Waals surface area contributed by atoms with Crippen molar-refractivity contribution < 1.29 is 9.21 Å². The predicted octanol–water partition coefficient (Wildman–Crippen LogP) is 3.93. The number of carbonyl (C=O) groups is 1. The van der Waals surface area contributed by atoms with Crippen LogP contribution in [-0.2, 0) is 16.6 Å². The molecular weight excluding hydrogens is 298 g/mol. The summed E-state index contributed by atoms with van der Waals surface area (Å²) in [4.78, 5) is 21.9. The second-order valence-electron chi connectivity index (χ2n) is 6.49. The Balaban J connectivity index is 1.95. The van der Waals surface area contributed by atoms with Crippen molar-refractivity contribution >= 4 is 22.4 Å². The van der Waals surface area contributed by atoms with E-state index < -0.39 is 0 Å². The molecule has 0 aliphatic rings. The van der Waals surface area contributed by atoms with Gasteiger partial charge in [0, 0.05) is 23.1 Å². The van der Waals surface area contributed by atoms with Crippen LogP contribution in [0, 0.1) is 20.8 Å². The number of aryl methyl sites for hydroxylation is 4. The highest BCUT2D eigenvalue weighted by molar-refractivity contribution is 7.15. The monoisotopic (exact) mass is 321 g/mol.